The van der Waals surface area contributed by atoms with E-state index in [0.29, 0.717) is 5.54 Å². The third-order valence-corrected chi connectivity index (χ3v) is 12.5. The summed E-state index contributed by atoms with van der Waals surface area (Å²) < 4.78 is 0. The second-order valence-electron chi connectivity index (χ2n) is 7.55. The van der Waals surface area contributed by atoms with Crippen molar-refractivity contribution >= 4 is 13.6 Å². The second-order valence-corrected chi connectivity index (χ2v) is 12.6. The molecule has 0 spiro atoms. The maximum absolute atomic E-state index is 3.58. The molecule has 1 saturated heterocycles. The van der Waals surface area contributed by atoms with Gasteiger partial charge in [-0.05, 0) is 22.2 Å². The average Bonchev–Trinajstić information content (AvgIpc) is 3.22. The molecule has 1 radical (unpaired) electrons. The van der Waals surface area contributed by atoms with Crippen LogP contribution >= 0.6 is 0 Å². The fraction of sp³-hybridized carbons (Fsp3) is 0.304. The zero-order valence-corrected chi connectivity index (χ0v) is 20.5. The van der Waals surface area contributed by atoms with Crippen molar-refractivity contribution in [1.29, 1.82) is 0 Å². The van der Waals surface area contributed by atoms with Gasteiger partial charge in [0.2, 0.25) is 0 Å². The predicted molar refractivity (Wildman–Crippen MR) is 105 cm³/mol. The van der Waals surface area contributed by atoms with Crippen LogP contribution in [0.1, 0.15) is 42.0 Å². The number of fused-ring (bicyclic) bond motifs is 3. The van der Waals surface area contributed by atoms with Crippen molar-refractivity contribution in [1.82, 2.24) is 0 Å². The Morgan fingerprint density at radius 2 is 1.67 bits per heavy atom. The van der Waals surface area contributed by atoms with Crippen LogP contribution < -0.4 is 24.8 Å². The summed E-state index contributed by atoms with van der Waals surface area (Å²) in [4.78, 5) is 0. The van der Waals surface area contributed by atoms with Crippen LogP contribution in [0.2, 0.25) is 18.1 Å². The molecule has 2 aromatic carbocycles. The smallest absolute Gasteiger partial charge is 1.00 e. The van der Waals surface area contributed by atoms with Crippen molar-refractivity contribution in [3.8, 4) is 11.1 Å². The van der Waals surface area contributed by atoms with Crippen LogP contribution in [-0.2, 0) is 26.2 Å². The molecule has 27 heavy (non-hydrogen) atoms. The number of benzene rings is 2. The molecule has 2 aliphatic carbocycles. The van der Waals surface area contributed by atoms with Crippen LogP contribution in [-0.4, -0.2) is 8.07 Å². The standard InChI is InChI=1S/C23H23Si.2ClH.Zr/c1-2-24(15-8-16-24)23-21-12-6-5-11-19(21)20-14-7-13-18(22(20)23)17-9-3-4-10-17;;;/h3,5-7,9,11-14,23H,2,4,8,15-16H2,1H3;2*1H;/q-1;;;+3/p-2. The van der Waals surface area contributed by atoms with Crippen molar-refractivity contribution in [3.63, 3.8) is 0 Å². The Balaban J connectivity index is 0.000000871. The van der Waals surface area contributed by atoms with Crippen molar-refractivity contribution in [3.05, 3.63) is 77.4 Å². The maximum atomic E-state index is 3.58. The molecule has 0 N–H and O–H groups in total. The first-order valence-electron chi connectivity index (χ1n) is 9.34. The van der Waals surface area contributed by atoms with Crippen molar-refractivity contribution in [2.45, 2.75) is 43.4 Å². The molecule has 0 aromatic heterocycles. The summed E-state index contributed by atoms with van der Waals surface area (Å²) in [5.74, 6) is 0. The van der Waals surface area contributed by atoms with Gasteiger partial charge < -0.3 is 24.8 Å². The Labute approximate surface area is 195 Å². The summed E-state index contributed by atoms with van der Waals surface area (Å²) in [5.41, 5.74) is 9.72. The van der Waals surface area contributed by atoms with Gasteiger partial charge in [-0.2, -0.15) is 17.7 Å². The molecule has 4 heteroatoms. The maximum Gasteiger partial charge on any atom is 3.00 e. The molecular formula is C23H23Cl2SiZr. The molecule has 5 rings (SSSR count). The van der Waals surface area contributed by atoms with Gasteiger partial charge in [0.1, 0.15) is 0 Å². The minimum absolute atomic E-state index is 0. The van der Waals surface area contributed by atoms with E-state index in [0.717, 1.165) is 6.42 Å². The number of rotatable bonds is 3. The van der Waals surface area contributed by atoms with Crippen molar-refractivity contribution < 1.29 is 51.0 Å². The Bertz CT molecular complexity index is 878. The van der Waals surface area contributed by atoms with Crippen LogP contribution in [0, 0.1) is 6.08 Å². The fourth-order valence-corrected chi connectivity index (χ4v) is 9.99. The van der Waals surface area contributed by atoms with Gasteiger partial charge in [-0.25, -0.2) is 0 Å². The normalized spacial score (nSPS) is 20.2. The summed E-state index contributed by atoms with van der Waals surface area (Å²) in [6.45, 7) is 2.45. The minimum Gasteiger partial charge on any atom is -1.00 e. The number of allylic oxidation sites excluding steroid dienone is 4. The first-order chi connectivity index (χ1) is 11.8. The summed E-state index contributed by atoms with van der Waals surface area (Å²) in [6, 6.07) is 20.6. The van der Waals surface area contributed by atoms with E-state index in [2.05, 4.69) is 67.6 Å². The predicted octanol–water partition coefficient (Wildman–Crippen LogP) is 0.362. The first-order valence-corrected chi connectivity index (χ1v) is 12.0. The molecular weight excluding hydrogens is 466 g/mol. The zero-order chi connectivity index (χ0) is 16.1. The van der Waals surface area contributed by atoms with Crippen LogP contribution in [0.5, 0.6) is 0 Å². The Morgan fingerprint density at radius 3 is 2.30 bits per heavy atom. The number of hydrogen-bond donors (Lipinski definition) is 0. The van der Waals surface area contributed by atoms with Crippen LogP contribution in [0.3, 0.4) is 0 Å². The Morgan fingerprint density at radius 1 is 0.963 bits per heavy atom. The first kappa shape index (κ1) is 22.9. The third-order valence-electron chi connectivity index (χ3n) is 6.61. The van der Waals surface area contributed by atoms with E-state index >= 15 is 0 Å². The van der Waals surface area contributed by atoms with E-state index in [-0.39, 0.29) is 51.0 Å². The quantitative estimate of drug-likeness (QED) is 0.432. The zero-order valence-electron chi connectivity index (χ0n) is 15.6. The third kappa shape index (κ3) is 3.42. The van der Waals surface area contributed by atoms with E-state index in [4.69, 9.17) is 0 Å². The molecule has 1 atom stereocenters. The van der Waals surface area contributed by atoms with Gasteiger partial charge in [0.25, 0.3) is 0 Å². The van der Waals surface area contributed by atoms with Crippen molar-refractivity contribution in [2.75, 3.05) is 0 Å². The molecule has 0 bridgehead atoms. The monoisotopic (exact) mass is 487 g/mol. The van der Waals surface area contributed by atoms with Gasteiger partial charge in [0.15, 0.2) is 0 Å². The molecule has 0 amide bonds. The molecule has 1 unspecified atom stereocenters. The molecule has 2 aromatic rings. The van der Waals surface area contributed by atoms with Crippen LogP contribution in [0.15, 0.2) is 54.6 Å². The molecule has 1 aliphatic heterocycles. The molecule has 3 aliphatic rings. The van der Waals surface area contributed by atoms with Gasteiger partial charge >= 0.3 is 26.2 Å². The number of hydrogen-bond acceptors (Lipinski definition) is 0. The van der Waals surface area contributed by atoms with E-state index in [1.165, 1.54) is 46.8 Å². The van der Waals surface area contributed by atoms with Gasteiger partial charge in [0, 0.05) is 0 Å². The molecule has 0 saturated carbocycles. The molecule has 1 heterocycles. The van der Waals surface area contributed by atoms with Crippen LogP contribution in [0.4, 0.5) is 0 Å². The molecule has 137 valence electrons. The molecule has 1 fully saturated rings. The van der Waals surface area contributed by atoms with E-state index in [9.17, 15) is 0 Å². The Kier molecular flexibility index (Phi) is 7.59. The Hall–Kier alpha value is -0.400. The van der Waals surface area contributed by atoms with Gasteiger partial charge in [-0.15, -0.1) is 17.7 Å². The van der Waals surface area contributed by atoms with E-state index in [1.807, 2.05) is 0 Å². The van der Waals surface area contributed by atoms with Gasteiger partial charge in [0.05, 0.1) is 8.07 Å². The SMILES string of the molecule is CC[Si]1(C2c3ccccc3-c3cccc(C4=[C-]CC=C4)c32)CCC1.[Cl-].[Cl-].[Zr+3]. The average molecular weight is 490 g/mol. The van der Waals surface area contributed by atoms with Gasteiger partial charge in [-0.1, -0.05) is 79.9 Å². The van der Waals surface area contributed by atoms with E-state index < -0.39 is 8.07 Å². The fourth-order valence-electron chi connectivity index (χ4n) is 5.20. The van der Waals surface area contributed by atoms with E-state index in [1.54, 1.807) is 11.1 Å². The topological polar surface area (TPSA) is 0 Å². The minimum atomic E-state index is -1.23. The summed E-state index contributed by atoms with van der Waals surface area (Å²) >= 11 is 0. The largest absolute Gasteiger partial charge is 3.00 e. The van der Waals surface area contributed by atoms with Crippen LogP contribution in [0.25, 0.3) is 16.7 Å². The number of halogens is 2. The summed E-state index contributed by atoms with van der Waals surface area (Å²) in [5, 5.41) is 0. The summed E-state index contributed by atoms with van der Waals surface area (Å²) in [6.07, 6.45) is 10.5. The second kappa shape index (κ2) is 8.95. The molecule has 0 nitrogen and oxygen atoms in total. The van der Waals surface area contributed by atoms with Crippen molar-refractivity contribution in [2.24, 2.45) is 0 Å². The van der Waals surface area contributed by atoms with Gasteiger partial charge in [-0.3, -0.25) is 0 Å². The summed E-state index contributed by atoms with van der Waals surface area (Å²) in [7, 11) is -1.23.